The second kappa shape index (κ2) is 2.55. The highest BCUT2D eigenvalue weighted by molar-refractivity contribution is 9.11. The molecular formula is C4H4BrNOS. The lowest BCUT2D eigenvalue weighted by molar-refractivity contribution is -0.104. The molecule has 0 radical (unpaired) electrons. The van der Waals surface area contributed by atoms with Crippen LogP contribution in [-0.4, -0.2) is 10.6 Å². The monoisotopic (exact) mass is 193 g/mol. The highest BCUT2D eigenvalue weighted by atomic mass is 79.9. The van der Waals surface area contributed by atoms with Crippen molar-refractivity contribution < 1.29 is 4.79 Å². The zero-order chi connectivity index (χ0) is 5.98. The van der Waals surface area contributed by atoms with Crippen LogP contribution in [0.3, 0.4) is 0 Å². The number of hydrogen-bond donors (Lipinski definition) is 1. The minimum atomic E-state index is 0.183. The molecule has 1 heterocycles. The van der Waals surface area contributed by atoms with E-state index >= 15 is 0 Å². The van der Waals surface area contributed by atoms with E-state index in [-0.39, 0.29) is 4.28 Å². The Morgan fingerprint density at radius 2 is 2.75 bits per heavy atom. The summed E-state index contributed by atoms with van der Waals surface area (Å²) in [5.74, 6) is 0. The van der Waals surface area contributed by atoms with Gasteiger partial charge in [0.1, 0.15) is 4.28 Å². The zero-order valence-electron chi connectivity index (χ0n) is 3.93. The summed E-state index contributed by atoms with van der Waals surface area (Å²) in [6.45, 7) is 0. The Bertz CT molecular complexity index is 136. The van der Waals surface area contributed by atoms with Crippen LogP contribution in [-0.2, 0) is 4.79 Å². The number of hydrogen-bond acceptors (Lipinski definition) is 3. The van der Waals surface area contributed by atoms with Crippen LogP contribution >= 0.6 is 27.7 Å². The molecule has 0 aromatic heterocycles. The molecule has 0 saturated carbocycles. The SMILES string of the molecule is O=CC1=CNC(Br)S1. The van der Waals surface area contributed by atoms with E-state index in [1.807, 2.05) is 0 Å². The molecule has 0 saturated heterocycles. The number of thioether (sulfide) groups is 1. The second-order valence-corrected chi connectivity index (χ2v) is 3.97. The molecule has 1 unspecified atom stereocenters. The maximum Gasteiger partial charge on any atom is 0.157 e. The molecule has 1 atom stereocenters. The van der Waals surface area contributed by atoms with Crippen molar-refractivity contribution in [2.24, 2.45) is 0 Å². The summed E-state index contributed by atoms with van der Waals surface area (Å²) in [7, 11) is 0. The standard InChI is InChI=1S/C4H4BrNOS/c5-4-6-1-3(2-7)8-4/h1-2,4,6H. The average Bonchev–Trinajstić information content (AvgIpc) is 2.14. The predicted molar refractivity (Wildman–Crippen MR) is 37.6 cm³/mol. The lowest BCUT2D eigenvalue weighted by Gasteiger charge is -1.94. The molecule has 0 aromatic carbocycles. The quantitative estimate of drug-likeness (QED) is 0.384. The van der Waals surface area contributed by atoms with Gasteiger partial charge in [-0.3, -0.25) is 4.79 Å². The number of halogens is 1. The van der Waals surface area contributed by atoms with Gasteiger partial charge in [0.05, 0.1) is 4.91 Å². The van der Waals surface area contributed by atoms with Crippen LogP contribution in [0.25, 0.3) is 0 Å². The first-order chi connectivity index (χ1) is 3.83. The maximum absolute atomic E-state index is 10.0. The van der Waals surface area contributed by atoms with Gasteiger partial charge in [-0.05, 0) is 0 Å². The van der Waals surface area contributed by atoms with Gasteiger partial charge in [0.2, 0.25) is 0 Å². The molecule has 0 fully saturated rings. The summed E-state index contributed by atoms with van der Waals surface area (Å²) in [5.41, 5.74) is 0. The van der Waals surface area contributed by atoms with Crippen molar-refractivity contribution in [3.8, 4) is 0 Å². The molecule has 0 aromatic rings. The first-order valence-electron chi connectivity index (χ1n) is 2.05. The minimum absolute atomic E-state index is 0.183. The Kier molecular flexibility index (Phi) is 1.96. The number of carbonyl (C=O) groups excluding carboxylic acids is 1. The van der Waals surface area contributed by atoms with Crippen LogP contribution < -0.4 is 5.32 Å². The Labute approximate surface area is 59.8 Å². The van der Waals surface area contributed by atoms with E-state index in [0.29, 0.717) is 0 Å². The highest BCUT2D eigenvalue weighted by Gasteiger charge is 2.11. The number of allylic oxidation sites excluding steroid dienone is 1. The first kappa shape index (κ1) is 6.16. The summed E-state index contributed by atoms with van der Waals surface area (Å²) in [6, 6.07) is 0. The Hall–Kier alpha value is 0.0400. The average molecular weight is 194 g/mol. The van der Waals surface area contributed by atoms with Gasteiger partial charge in [0.15, 0.2) is 6.29 Å². The third-order valence-corrected chi connectivity index (χ3v) is 2.37. The second-order valence-electron chi connectivity index (χ2n) is 1.27. The van der Waals surface area contributed by atoms with E-state index in [1.54, 1.807) is 6.20 Å². The van der Waals surface area contributed by atoms with Crippen molar-refractivity contribution in [1.82, 2.24) is 5.32 Å². The van der Waals surface area contributed by atoms with E-state index in [1.165, 1.54) is 11.8 Å². The van der Waals surface area contributed by atoms with E-state index in [4.69, 9.17) is 0 Å². The van der Waals surface area contributed by atoms with Gasteiger partial charge >= 0.3 is 0 Å². The van der Waals surface area contributed by atoms with Gasteiger partial charge in [-0.15, -0.1) is 0 Å². The first-order valence-corrected chi connectivity index (χ1v) is 3.84. The Morgan fingerprint density at radius 1 is 2.00 bits per heavy atom. The third-order valence-electron chi connectivity index (χ3n) is 0.712. The van der Waals surface area contributed by atoms with Crippen LogP contribution in [0.5, 0.6) is 0 Å². The molecule has 1 aliphatic heterocycles. The number of nitrogens with one attached hydrogen (secondary N) is 1. The Morgan fingerprint density at radius 3 is 3.00 bits per heavy atom. The van der Waals surface area contributed by atoms with Crippen molar-refractivity contribution in [3.05, 3.63) is 11.1 Å². The van der Waals surface area contributed by atoms with Crippen molar-refractivity contribution in [3.63, 3.8) is 0 Å². The fourth-order valence-corrected chi connectivity index (χ4v) is 1.74. The van der Waals surface area contributed by atoms with Gasteiger partial charge in [-0.2, -0.15) is 0 Å². The molecule has 0 amide bonds. The largest absolute Gasteiger partial charge is 0.369 e. The summed E-state index contributed by atoms with van der Waals surface area (Å²) >= 11 is 4.72. The molecule has 8 heavy (non-hydrogen) atoms. The predicted octanol–water partition coefficient (Wildman–Crippen LogP) is 1.04. The van der Waals surface area contributed by atoms with Gasteiger partial charge in [-0.1, -0.05) is 27.7 Å². The van der Waals surface area contributed by atoms with Gasteiger partial charge in [-0.25, -0.2) is 0 Å². The highest BCUT2D eigenvalue weighted by Crippen LogP contribution is 2.26. The third kappa shape index (κ3) is 1.26. The normalized spacial score (nSPS) is 26.6. The molecular weight excluding hydrogens is 190 g/mol. The summed E-state index contributed by atoms with van der Waals surface area (Å²) in [6.07, 6.45) is 2.52. The van der Waals surface area contributed by atoms with Crippen LogP contribution in [0.4, 0.5) is 0 Å². The summed E-state index contributed by atoms with van der Waals surface area (Å²) in [4.78, 5) is 10.7. The van der Waals surface area contributed by atoms with Crippen LogP contribution in [0.15, 0.2) is 11.1 Å². The minimum Gasteiger partial charge on any atom is -0.369 e. The van der Waals surface area contributed by atoms with Gasteiger partial charge in [0, 0.05) is 6.20 Å². The molecule has 0 aliphatic carbocycles. The molecule has 2 nitrogen and oxygen atoms in total. The van der Waals surface area contributed by atoms with Crippen LogP contribution in [0.2, 0.25) is 0 Å². The fraction of sp³-hybridized carbons (Fsp3) is 0.250. The van der Waals surface area contributed by atoms with Crippen molar-refractivity contribution >= 4 is 34.0 Å². The van der Waals surface area contributed by atoms with E-state index in [0.717, 1.165) is 11.2 Å². The van der Waals surface area contributed by atoms with Crippen molar-refractivity contribution in [1.29, 1.82) is 0 Å². The maximum atomic E-state index is 10.0. The molecule has 1 rings (SSSR count). The van der Waals surface area contributed by atoms with E-state index in [2.05, 4.69) is 21.2 Å². The fourth-order valence-electron chi connectivity index (χ4n) is 0.397. The number of alkyl halides is 1. The molecule has 0 bridgehead atoms. The number of carbonyl (C=O) groups is 1. The topological polar surface area (TPSA) is 29.1 Å². The lowest BCUT2D eigenvalue weighted by atomic mass is 10.7. The number of rotatable bonds is 1. The van der Waals surface area contributed by atoms with Gasteiger partial charge in [0.25, 0.3) is 0 Å². The lowest BCUT2D eigenvalue weighted by Crippen LogP contribution is -2.05. The molecule has 1 N–H and O–H groups in total. The van der Waals surface area contributed by atoms with Crippen LogP contribution in [0.1, 0.15) is 0 Å². The van der Waals surface area contributed by atoms with E-state index < -0.39 is 0 Å². The zero-order valence-corrected chi connectivity index (χ0v) is 6.33. The molecule has 44 valence electrons. The molecule has 1 aliphatic rings. The Balaban J connectivity index is 2.49. The van der Waals surface area contributed by atoms with E-state index in [9.17, 15) is 4.79 Å². The van der Waals surface area contributed by atoms with Crippen LogP contribution in [0, 0.1) is 0 Å². The van der Waals surface area contributed by atoms with Crippen molar-refractivity contribution in [2.45, 2.75) is 4.28 Å². The summed E-state index contributed by atoms with van der Waals surface area (Å²) < 4.78 is 0.183. The van der Waals surface area contributed by atoms with Gasteiger partial charge < -0.3 is 5.32 Å². The summed E-state index contributed by atoms with van der Waals surface area (Å²) in [5, 5.41) is 2.91. The molecule has 0 spiro atoms. The van der Waals surface area contributed by atoms with Crippen molar-refractivity contribution in [2.75, 3.05) is 0 Å². The molecule has 4 heteroatoms. The smallest absolute Gasteiger partial charge is 0.157 e. The number of aldehydes is 1.